The Hall–Kier alpha value is -3.03. The zero-order valence-corrected chi connectivity index (χ0v) is 18.3. The molecule has 2 unspecified atom stereocenters. The predicted molar refractivity (Wildman–Crippen MR) is 122 cm³/mol. The first-order chi connectivity index (χ1) is 15.0. The predicted octanol–water partition coefficient (Wildman–Crippen LogP) is 4.62. The molecule has 0 spiro atoms. The van der Waals surface area contributed by atoms with E-state index in [2.05, 4.69) is 11.8 Å². The summed E-state index contributed by atoms with van der Waals surface area (Å²) in [6.45, 7) is 3.56. The van der Waals surface area contributed by atoms with Crippen molar-refractivity contribution in [2.75, 3.05) is 6.61 Å². The third kappa shape index (κ3) is 7.62. The Morgan fingerprint density at radius 1 is 0.871 bits per heavy atom. The molecule has 4 heteroatoms. The summed E-state index contributed by atoms with van der Waals surface area (Å²) in [5, 5.41) is 8.98. The van der Waals surface area contributed by atoms with Gasteiger partial charge in [-0.15, -0.1) is 0 Å². The van der Waals surface area contributed by atoms with Crippen molar-refractivity contribution < 1.29 is 19.5 Å². The number of carbonyl (C=O) groups excluding carboxylic acids is 3. The highest BCUT2D eigenvalue weighted by molar-refractivity contribution is 6.04. The Bertz CT molecular complexity index is 933. The van der Waals surface area contributed by atoms with Gasteiger partial charge in [0.15, 0.2) is 5.78 Å². The smallest absolute Gasteiger partial charge is 0.165 e. The van der Waals surface area contributed by atoms with Gasteiger partial charge in [-0.3, -0.25) is 14.4 Å². The molecule has 2 aromatic rings. The van der Waals surface area contributed by atoms with Crippen molar-refractivity contribution in [1.82, 2.24) is 0 Å². The van der Waals surface area contributed by atoms with Crippen molar-refractivity contribution in [1.29, 1.82) is 0 Å². The van der Waals surface area contributed by atoms with Crippen LogP contribution in [0.15, 0.2) is 54.6 Å². The van der Waals surface area contributed by atoms with E-state index in [0.717, 1.165) is 11.1 Å². The van der Waals surface area contributed by atoms with Gasteiger partial charge in [0.1, 0.15) is 11.6 Å². The lowest BCUT2D eigenvalue weighted by molar-refractivity contribution is -0.133. The monoisotopic (exact) mass is 418 g/mol. The molecule has 0 aliphatic rings. The van der Waals surface area contributed by atoms with Gasteiger partial charge in [0.25, 0.3) is 0 Å². The van der Waals surface area contributed by atoms with Gasteiger partial charge in [0.2, 0.25) is 0 Å². The molecule has 0 aromatic heterocycles. The number of Topliss-reactive ketones (excluding diaryl/α,β-unsaturated/α-hetero) is 3. The highest BCUT2D eigenvalue weighted by atomic mass is 16.3. The van der Waals surface area contributed by atoms with Gasteiger partial charge in [-0.25, -0.2) is 0 Å². The molecule has 0 radical (unpaired) electrons. The molecule has 0 aliphatic heterocycles. The molecule has 2 atom stereocenters. The third-order valence-electron chi connectivity index (χ3n) is 5.19. The summed E-state index contributed by atoms with van der Waals surface area (Å²) in [5.74, 6) is 4.55. The maximum atomic E-state index is 12.9. The van der Waals surface area contributed by atoms with Gasteiger partial charge >= 0.3 is 0 Å². The molecule has 1 N–H and O–H groups in total. The Kier molecular flexibility index (Phi) is 9.87. The molecule has 0 fully saturated rings. The third-order valence-corrected chi connectivity index (χ3v) is 5.19. The molecule has 0 heterocycles. The maximum Gasteiger partial charge on any atom is 0.165 e. The number of ketones is 3. The molecule has 2 aromatic carbocycles. The van der Waals surface area contributed by atoms with Crippen LogP contribution in [0.1, 0.15) is 67.4 Å². The zero-order chi connectivity index (χ0) is 22.6. The van der Waals surface area contributed by atoms with Crippen LogP contribution in [-0.4, -0.2) is 29.1 Å². The van der Waals surface area contributed by atoms with Crippen LogP contribution < -0.4 is 0 Å². The quantitative estimate of drug-likeness (QED) is 0.328. The first kappa shape index (κ1) is 24.2. The number of benzene rings is 2. The topological polar surface area (TPSA) is 71.4 Å². The highest BCUT2D eigenvalue weighted by Gasteiger charge is 2.29. The summed E-state index contributed by atoms with van der Waals surface area (Å²) in [7, 11) is 0. The molecule has 0 amide bonds. The molecule has 162 valence electrons. The second kappa shape index (κ2) is 12.6. The lowest BCUT2D eigenvalue weighted by Crippen LogP contribution is -2.28. The van der Waals surface area contributed by atoms with E-state index < -0.39 is 11.8 Å². The number of aliphatic hydroxyl groups excluding tert-OH is 1. The van der Waals surface area contributed by atoms with E-state index in [1.165, 1.54) is 0 Å². The van der Waals surface area contributed by atoms with Crippen molar-refractivity contribution in [2.45, 2.75) is 46.0 Å². The first-order valence-electron chi connectivity index (χ1n) is 10.8. The zero-order valence-electron chi connectivity index (χ0n) is 18.3. The molecule has 0 bridgehead atoms. The molecule has 31 heavy (non-hydrogen) atoms. The minimum Gasteiger partial charge on any atom is -0.396 e. The molecule has 4 nitrogen and oxygen atoms in total. The van der Waals surface area contributed by atoms with E-state index in [1.807, 2.05) is 49.4 Å². The van der Waals surface area contributed by atoms with Crippen molar-refractivity contribution in [2.24, 2.45) is 11.8 Å². The van der Waals surface area contributed by atoms with Crippen LogP contribution in [0.4, 0.5) is 0 Å². The van der Waals surface area contributed by atoms with Gasteiger partial charge in [-0.1, -0.05) is 56.0 Å². The standard InChI is InChI=1S/C27H30O4/c1-3-8-25(29)24(26(30)11-7-18-28)19-20(2)27(31)23-16-14-22(15-17-23)13-12-21-9-5-4-6-10-21/h4-6,9-10,14-17,20,24,28H,3,7-8,11,18-19H2,1-2H3. The molecule has 0 aliphatic carbocycles. The van der Waals surface area contributed by atoms with E-state index in [9.17, 15) is 14.4 Å². The lowest BCUT2D eigenvalue weighted by Gasteiger charge is -2.18. The fourth-order valence-corrected chi connectivity index (χ4v) is 3.42. The number of hydrogen-bond donors (Lipinski definition) is 1. The summed E-state index contributed by atoms with van der Waals surface area (Å²) in [6.07, 6.45) is 1.69. The number of carbonyl (C=O) groups is 3. The molecule has 0 saturated heterocycles. The van der Waals surface area contributed by atoms with Crippen molar-refractivity contribution in [3.8, 4) is 11.8 Å². The second-order valence-electron chi connectivity index (χ2n) is 7.76. The van der Waals surface area contributed by atoms with Gasteiger partial charge in [0.05, 0.1) is 5.92 Å². The Balaban J connectivity index is 2.07. The minimum atomic E-state index is -0.776. The summed E-state index contributed by atoms with van der Waals surface area (Å²) in [4.78, 5) is 37.8. The van der Waals surface area contributed by atoms with E-state index in [0.29, 0.717) is 24.8 Å². The molecular weight excluding hydrogens is 388 g/mol. The van der Waals surface area contributed by atoms with Crippen LogP contribution in [0.25, 0.3) is 0 Å². The van der Waals surface area contributed by atoms with Crippen molar-refractivity contribution in [3.05, 3.63) is 71.3 Å². The fourth-order valence-electron chi connectivity index (χ4n) is 3.42. The summed E-state index contributed by atoms with van der Waals surface area (Å²) < 4.78 is 0. The summed E-state index contributed by atoms with van der Waals surface area (Å²) >= 11 is 0. The number of rotatable bonds is 11. The number of hydrogen-bond acceptors (Lipinski definition) is 4. The van der Waals surface area contributed by atoms with E-state index in [4.69, 9.17) is 5.11 Å². The highest BCUT2D eigenvalue weighted by Crippen LogP contribution is 2.22. The first-order valence-corrected chi connectivity index (χ1v) is 10.8. The Morgan fingerprint density at radius 3 is 2.03 bits per heavy atom. The minimum absolute atomic E-state index is 0.0889. The summed E-state index contributed by atoms with van der Waals surface area (Å²) in [5.41, 5.74) is 2.27. The SMILES string of the molecule is CCCC(=O)C(CC(C)C(=O)c1ccc(C#Cc2ccccc2)cc1)C(=O)CCCO. The van der Waals surface area contributed by atoms with E-state index in [1.54, 1.807) is 19.1 Å². The van der Waals surface area contributed by atoms with Crippen LogP contribution in [0.5, 0.6) is 0 Å². The average molecular weight is 419 g/mol. The lowest BCUT2D eigenvalue weighted by atomic mass is 9.83. The molecule has 2 rings (SSSR count). The van der Waals surface area contributed by atoms with Gasteiger partial charge in [-0.05, 0) is 43.5 Å². The van der Waals surface area contributed by atoms with Crippen molar-refractivity contribution in [3.63, 3.8) is 0 Å². The average Bonchev–Trinajstić information content (AvgIpc) is 2.80. The largest absolute Gasteiger partial charge is 0.396 e. The van der Waals surface area contributed by atoms with Crippen LogP contribution in [0.2, 0.25) is 0 Å². The van der Waals surface area contributed by atoms with Gasteiger partial charge in [-0.2, -0.15) is 0 Å². The van der Waals surface area contributed by atoms with Crippen molar-refractivity contribution >= 4 is 17.3 Å². The Labute approximate surface area is 184 Å². The van der Waals surface area contributed by atoms with Crippen LogP contribution in [0, 0.1) is 23.7 Å². The fraction of sp³-hybridized carbons (Fsp3) is 0.370. The van der Waals surface area contributed by atoms with E-state index >= 15 is 0 Å². The summed E-state index contributed by atoms with van der Waals surface area (Å²) in [6, 6.07) is 16.8. The van der Waals surface area contributed by atoms with Crippen LogP contribution in [-0.2, 0) is 9.59 Å². The van der Waals surface area contributed by atoms with Gasteiger partial charge in [0, 0.05) is 42.1 Å². The van der Waals surface area contributed by atoms with Crippen LogP contribution in [0.3, 0.4) is 0 Å². The normalized spacial score (nSPS) is 12.4. The molecular formula is C27H30O4. The molecule has 0 saturated carbocycles. The van der Waals surface area contributed by atoms with Crippen LogP contribution >= 0.6 is 0 Å². The van der Waals surface area contributed by atoms with Gasteiger partial charge < -0.3 is 5.11 Å². The van der Waals surface area contributed by atoms with E-state index in [-0.39, 0.29) is 36.8 Å². The second-order valence-corrected chi connectivity index (χ2v) is 7.76. The maximum absolute atomic E-state index is 12.9. The Morgan fingerprint density at radius 2 is 1.45 bits per heavy atom. The number of aliphatic hydroxyl groups is 1.